The molecule has 0 bridgehead atoms. The van der Waals surface area contributed by atoms with Crippen molar-refractivity contribution in [1.82, 2.24) is 19.7 Å². The van der Waals surface area contributed by atoms with Crippen molar-refractivity contribution in [2.45, 2.75) is 6.10 Å². The Morgan fingerprint density at radius 1 is 1.22 bits per heavy atom. The van der Waals surface area contributed by atoms with Gasteiger partial charge in [0, 0.05) is 36.6 Å². The smallest absolute Gasteiger partial charge is 0.257 e. The fraction of sp³-hybridized carbons (Fsp3) is 0.250. The van der Waals surface area contributed by atoms with Crippen LogP contribution in [0.5, 0.6) is 0 Å². The molecule has 138 valence electrons. The van der Waals surface area contributed by atoms with Crippen LogP contribution in [0.25, 0.3) is 11.1 Å². The molecule has 1 fully saturated rings. The summed E-state index contributed by atoms with van der Waals surface area (Å²) in [4.78, 5) is 19.0. The molecule has 3 heterocycles. The number of amides is 1. The van der Waals surface area contributed by atoms with E-state index in [4.69, 9.17) is 16.3 Å². The second-order valence-electron chi connectivity index (χ2n) is 6.50. The number of aryl methyl sites for hydroxylation is 1. The van der Waals surface area contributed by atoms with E-state index in [-0.39, 0.29) is 12.0 Å². The van der Waals surface area contributed by atoms with Crippen LogP contribution in [0.4, 0.5) is 0 Å². The summed E-state index contributed by atoms with van der Waals surface area (Å²) in [5, 5.41) is 4.76. The molecule has 1 aromatic carbocycles. The molecule has 6 nitrogen and oxygen atoms in total. The van der Waals surface area contributed by atoms with Crippen molar-refractivity contribution in [2.75, 3.05) is 19.7 Å². The number of carbonyl (C=O) groups is 1. The van der Waals surface area contributed by atoms with Crippen LogP contribution in [-0.2, 0) is 11.8 Å². The average Bonchev–Trinajstić information content (AvgIpc) is 3.14. The fourth-order valence-corrected chi connectivity index (χ4v) is 3.35. The molecular weight excluding hydrogens is 364 g/mol. The Bertz CT molecular complexity index is 955. The highest BCUT2D eigenvalue weighted by Gasteiger charge is 2.27. The summed E-state index contributed by atoms with van der Waals surface area (Å²) < 4.78 is 7.48. The van der Waals surface area contributed by atoms with Crippen LogP contribution in [0.15, 0.2) is 55.0 Å². The lowest BCUT2D eigenvalue weighted by atomic mass is 10.1. The largest absolute Gasteiger partial charge is 0.368 e. The SMILES string of the molecule is Cn1cc(C(=O)N2CCOC(c3ccc(-c4cccc(Cl)c4)cn3)C2)cn1. The molecule has 4 rings (SSSR count). The molecule has 1 amide bonds. The Balaban J connectivity index is 1.49. The van der Waals surface area contributed by atoms with Crippen molar-refractivity contribution >= 4 is 17.5 Å². The Hall–Kier alpha value is -2.70. The molecule has 27 heavy (non-hydrogen) atoms. The number of rotatable bonds is 3. The fourth-order valence-electron chi connectivity index (χ4n) is 3.16. The highest BCUT2D eigenvalue weighted by molar-refractivity contribution is 6.30. The minimum absolute atomic E-state index is 0.0352. The van der Waals surface area contributed by atoms with E-state index < -0.39 is 0 Å². The summed E-state index contributed by atoms with van der Waals surface area (Å²) in [7, 11) is 1.80. The molecule has 1 atom stereocenters. The zero-order valence-corrected chi connectivity index (χ0v) is 15.6. The minimum atomic E-state index is -0.243. The normalized spacial score (nSPS) is 17.1. The highest BCUT2D eigenvalue weighted by Crippen LogP contribution is 2.26. The quantitative estimate of drug-likeness (QED) is 0.697. The zero-order valence-electron chi connectivity index (χ0n) is 14.9. The maximum absolute atomic E-state index is 12.6. The van der Waals surface area contributed by atoms with Crippen LogP contribution in [0.3, 0.4) is 0 Å². The molecule has 0 aliphatic carbocycles. The summed E-state index contributed by atoms with van der Waals surface area (Å²) in [6.45, 7) is 1.51. The van der Waals surface area contributed by atoms with E-state index >= 15 is 0 Å². The minimum Gasteiger partial charge on any atom is -0.368 e. The van der Waals surface area contributed by atoms with Crippen LogP contribution >= 0.6 is 11.6 Å². The van der Waals surface area contributed by atoms with Gasteiger partial charge in [-0.3, -0.25) is 14.5 Å². The molecule has 0 radical (unpaired) electrons. The van der Waals surface area contributed by atoms with Gasteiger partial charge in [0.2, 0.25) is 0 Å². The number of benzene rings is 1. The predicted octanol–water partition coefficient (Wildman–Crippen LogP) is 3.35. The Morgan fingerprint density at radius 2 is 2.11 bits per heavy atom. The van der Waals surface area contributed by atoms with Crippen molar-refractivity contribution in [2.24, 2.45) is 7.05 Å². The van der Waals surface area contributed by atoms with Crippen molar-refractivity contribution in [3.8, 4) is 11.1 Å². The first-order valence-electron chi connectivity index (χ1n) is 8.71. The van der Waals surface area contributed by atoms with Gasteiger partial charge in [-0.15, -0.1) is 0 Å². The van der Waals surface area contributed by atoms with Gasteiger partial charge in [0.05, 0.1) is 30.6 Å². The molecule has 3 aromatic rings. The van der Waals surface area contributed by atoms with Gasteiger partial charge in [-0.1, -0.05) is 29.8 Å². The predicted molar refractivity (Wildman–Crippen MR) is 102 cm³/mol. The second kappa shape index (κ2) is 7.50. The first-order chi connectivity index (χ1) is 13.1. The average molecular weight is 383 g/mol. The lowest BCUT2D eigenvalue weighted by molar-refractivity contribution is -0.0247. The maximum atomic E-state index is 12.6. The lowest BCUT2D eigenvalue weighted by Gasteiger charge is -2.32. The number of carbonyl (C=O) groups excluding carboxylic acids is 1. The Labute approximate surface area is 162 Å². The summed E-state index contributed by atoms with van der Waals surface area (Å²) in [5.41, 5.74) is 3.40. The molecule has 0 N–H and O–H groups in total. The number of ether oxygens (including phenoxy) is 1. The van der Waals surface area contributed by atoms with E-state index in [1.54, 1.807) is 29.0 Å². The summed E-state index contributed by atoms with van der Waals surface area (Å²) >= 11 is 6.06. The Kier molecular flexibility index (Phi) is 4.92. The summed E-state index contributed by atoms with van der Waals surface area (Å²) in [5.74, 6) is -0.0352. The standard InChI is InChI=1S/C20H19ClN4O2/c1-24-12-16(11-23-24)20(26)25-7-8-27-19(13-25)18-6-5-15(10-22-18)14-3-2-4-17(21)9-14/h2-6,9-12,19H,7-8,13H2,1H3. The number of morpholine rings is 1. The molecule has 2 aromatic heterocycles. The third-order valence-corrected chi connectivity index (χ3v) is 4.81. The third-order valence-electron chi connectivity index (χ3n) is 4.58. The lowest BCUT2D eigenvalue weighted by Crippen LogP contribution is -2.42. The van der Waals surface area contributed by atoms with Crippen molar-refractivity contribution in [3.05, 3.63) is 71.3 Å². The van der Waals surface area contributed by atoms with E-state index in [0.29, 0.717) is 30.3 Å². The number of hydrogen-bond donors (Lipinski definition) is 0. The monoisotopic (exact) mass is 382 g/mol. The van der Waals surface area contributed by atoms with E-state index in [9.17, 15) is 4.79 Å². The van der Waals surface area contributed by atoms with Crippen LogP contribution < -0.4 is 0 Å². The first-order valence-corrected chi connectivity index (χ1v) is 9.09. The van der Waals surface area contributed by atoms with E-state index in [0.717, 1.165) is 16.8 Å². The molecule has 1 saturated heterocycles. The van der Waals surface area contributed by atoms with Gasteiger partial charge in [0.25, 0.3) is 5.91 Å². The van der Waals surface area contributed by atoms with Gasteiger partial charge in [-0.2, -0.15) is 5.10 Å². The van der Waals surface area contributed by atoms with E-state index in [2.05, 4.69) is 10.1 Å². The van der Waals surface area contributed by atoms with Gasteiger partial charge in [-0.25, -0.2) is 0 Å². The van der Waals surface area contributed by atoms with Crippen molar-refractivity contribution in [1.29, 1.82) is 0 Å². The molecule has 1 aliphatic heterocycles. The first kappa shape index (κ1) is 17.7. The van der Waals surface area contributed by atoms with Gasteiger partial charge in [0.15, 0.2) is 0 Å². The maximum Gasteiger partial charge on any atom is 0.257 e. The molecule has 1 unspecified atom stereocenters. The number of nitrogens with zero attached hydrogens (tertiary/aromatic N) is 4. The summed E-state index contributed by atoms with van der Waals surface area (Å²) in [6.07, 6.45) is 4.88. The van der Waals surface area contributed by atoms with Crippen LogP contribution in [0.1, 0.15) is 22.2 Å². The zero-order chi connectivity index (χ0) is 18.8. The number of hydrogen-bond acceptors (Lipinski definition) is 4. The van der Waals surface area contributed by atoms with E-state index in [1.165, 1.54) is 0 Å². The molecule has 1 aliphatic rings. The van der Waals surface area contributed by atoms with Crippen molar-refractivity contribution in [3.63, 3.8) is 0 Å². The van der Waals surface area contributed by atoms with Crippen LogP contribution in [-0.4, -0.2) is 45.3 Å². The Morgan fingerprint density at radius 3 is 2.81 bits per heavy atom. The summed E-state index contributed by atoms with van der Waals surface area (Å²) in [6, 6.07) is 11.6. The second-order valence-corrected chi connectivity index (χ2v) is 6.93. The van der Waals surface area contributed by atoms with Crippen molar-refractivity contribution < 1.29 is 9.53 Å². The molecular formula is C20H19ClN4O2. The highest BCUT2D eigenvalue weighted by atomic mass is 35.5. The molecule has 7 heteroatoms. The molecule has 0 saturated carbocycles. The topological polar surface area (TPSA) is 60.2 Å². The third kappa shape index (κ3) is 3.86. The van der Waals surface area contributed by atoms with Gasteiger partial charge < -0.3 is 9.64 Å². The van der Waals surface area contributed by atoms with E-state index in [1.807, 2.05) is 42.6 Å². The van der Waals surface area contributed by atoms with Crippen LogP contribution in [0.2, 0.25) is 5.02 Å². The van der Waals surface area contributed by atoms with Gasteiger partial charge >= 0.3 is 0 Å². The number of aromatic nitrogens is 3. The van der Waals surface area contributed by atoms with Crippen LogP contribution in [0, 0.1) is 0 Å². The number of pyridine rings is 1. The number of halogens is 1. The van der Waals surface area contributed by atoms with Gasteiger partial charge in [-0.05, 0) is 23.8 Å². The van der Waals surface area contributed by atoms with Gasteiger partial charge in [0.1, 0.15) is 6.10 Å². The molecule has 0 spiro atoms.